The number of carbonyl (C=O) groups is 1. The molecule has 1 aromatic carbocycles. The highest BCUT2D eigenvalue weighted by molar-refractivity contribution is 6.31. The average Bonchev–Trinajstić information content (AvgIpc) is 2.45. The first-order valence-corrected chi connectivity index (χ1v) is 8.01. The fourth-order valence-corrected chi connectivity index (χ4v) is 2.65. The molecule has 6 heteroatoms. The van der Waals surface area contributed by atoms with Crippen molar-refractivity contribution in [1.29, 1.82) is 0 Å². The molecule has 1 fully saturated rings. The molecule has 0 spiro atoms. The first-order valence-electron chi connectivity index (χ1n) is 7.63. The number of hydrogen-bond acceptors (Lipinski definition) is 3. The second-order valence-corrected chi connectivity index (χ2v) is 6.02. The van der Waals surface area contributed by atoms with Gasteiger partial charge in [0.25, 0.3) is 0 Å². The van der Waals surface area contributed by atoms with Crippen molar-refractivity contribution < 1.29 is 14.3 Å². The van der Waals surface area contributed by atoms with Crippen LogP contribution in [0, 0.1) is 0 Å². The lowest BCUT2D eigenvalue weighted by molar-refractivity contribution is -0.0530. The van der Waals surface area contributed by atoms with Crippen LogP contribution in [0.15, 0.2) is 18.2 Å². The predicted molar refractivity (Wildman–Crippen MR) is 87.8 cm³/mol. The summed E-state index contributed by atoms with van der Waals surface area (Å²) in [5, 5.41) is 3.45. The van der Waals surface area contributed by atoms with Crippen LogP contribution in [0.3, 0.4) is 0 Å². The van der Waals surface area contributed by atoms with Gasteiger partial charge < -0.3 is 19.7 Å². The number of carbonyl (C=O) groups excluding carboxylic acids is 1. The number of rotatable bonds is 4. The van der Waals surface area contributed by atoms with Crippen LogP contribution in [0.2, 0.25) is 5.02 Å². The molecule has 22 heavy (non-hydrogen) atoms. The lowest BCUT2D eigenvalue weighted by atomic mass is 10.2. The highest BCUT2D eigenvalue weighted by Gasteiger charge is 2.26. The number of benzene rings is 1. The van der Waals surface area contributed by atoms with Crippen LogP contribution in [-0.2, 0) is 4.74 Å². The molecule has 1 heterocycles. The van der Waals surface area contributed by atoms with E-state index in [1.807, 2.05) is 20.8 Å². The maximum absolute atomic E-state index is 12.5. The molecule has 2 unspecified atom stereocenters. The van der Waals surface area contributed by atoms with Crippen LogP contribution in [-0.4, -0.2) is 42.8 Å². The van der Waals surface area contributed by atoms with Crippen molar-refractivity contribution in [3.05, 3.63) is 23.2 Å². The fraction of sp³-hybridized carbons (Fsp3) is 0.562. The van der Waals surface area contributed by atoms with Crippen LogP contribution in [0.1, 0.15) is 27.2 Å². The summed E-state index contributed by atoms with van der Waals surface area (Å²) in [6, 6.07) is 5.07. The number of urea groups is 1. The molecule has 0 radical (unpaired) electrons. The van der Waals surface area contributed by atoms with Crippen molar-refractivity contribution in [3.63, 3.8) is 0 Å². The molecule has 0 aromatic heterocycles. The molecule has 1 saturated heterocycles. The van der Waals surface area contributed by atoms with Crippen molar-refractivity contribution in [2.24, 2.45) is 0 Å². The lowest BCUT2D eigenvalue weighted by Crippen LogP contribution is -2.49. The van der Waals surface area contributed by atoms with E-state index < -0.39 is 0 Å². The zero-order valence-electron chi connectivity index (χ0n) is 13.3. The van der Waals surface area contributed by atoms with Crippen LogP contribution >= 0.6 is 11.6 Å². The van der Waals surface area contributed by atoms with Gasteiger partial charge in [0.1, 0.15) is 5.75 Å². The molecule has 5 nitrogen and oxygen atoms in total. The minimum Gasteiger partial charge on any atom is -0.491 e. The third-order valence-electron chi connectivity index (χ3n) is 3.35. The number of morpholine rings is 1. The summed E-state index contributed by atoms with van der Waals surface area (Å²) in [6.45, 7) is 7.70. The molecule has 1 aliphatic rings. The SMILES string of the molecule is CCCOc1ccc(Cl)cc1NC(=O)N1CC(C)OC(C)C1. The van der Waals surface area contributed by atoms with E-state index >= 15 is 0 Å². The maximum atomic E-state index is 12.5. The first-order chi connectivity index (χ1) is 10.5. The van der Waals surface area contributed by atoms with E-state index in [2.05, 4.69) is 5.32 Å². The van der Waals surface area contributed by atoms with E-state index in [0.717, 1.165) is 6.42 Å². The fourth-order valence-electron chi connectivity index (χ4n) is 2.48. The van der Waals surface area contributed by atoms with E-state index in [1.165, 1.54) is 0 Å². The van der Waals surface area contributed by atoms with Gasteiger partial charge >= 0.3 is 6.03 Å². The highest BCUT2D eigenvalue weighted by atomic mass is 35.5. The van der Waals surface area contributed by atoms with Gasteiger partial charge in [0.15, 0.2) is 0 Å². The predicted octanol–water partition coefficient (Wildman–Crippen LogP) is 3.77. The number of ether oxygens (including phenoxy) is 2. The van der Waals surface area contributed by atoms with Gasteiger partial charge in [0.05, 0.1) is 24.5 Å². The Morgan fingerprint density at radius 1 is 1.41 bits per heavy atom. The van der Waals surface area contributed by atoms with E-state index in [9.17, 15) is 4.79 Å². The lowest BCUT2D eigenvalue weighted by Gasteiger charge is -2.35. The van der Waals surface area contributed by atoms with Crippen LogP contribution in [0.5, 0.6) is 5.75 Å². The van der Waals surface area contributed by atoms with Crippen molar-refractivity contribution >= 4 is 23.3 Å². The molecule has 1 aliphatic heterocycles. The van der Waals surface area contributed by atoms with Gasteiger partial charge in [-0.1, -0.05) is 18.5 Å². The van der Waals surface area contributed by atoms with Crippen molar-refractivity contribution in [1.82, 2.24) is 4.90 Å². The van der Waals surface area contributed by atoms with E-state index in [-0.39, 0.29) is 18.2 Å². The molecular weight excluding hydrogens is 304 g/mol. The van der Waals surface area contributed by atoms with E-state index in [0.29, 0.717) is 36.2 Å². The number of hydrogen-bond donors (Lipinski definition) is 1. The van der Waals surface area contributed by atoms with Crippen molar-refractivity contribution in [2.75, 3.05) is 25.0 Å². The summed E-state index contributed by atoms with van der Waals surface area (Å²) >= 11 is 6.03. The summed E-state index contributed by atoms with van der Waals surface area (Å²) < 4.78 is 11.3. The van der Waals surface area contributed by atoms with Gasteiger partial charge in [-0.25, -0.2) is 4.79 Å². The van der Waals surface area contributed by atoms with Gasteiger partial charge in [0, 0.05) is 18.1 Å². The van der Waals surface area contributed by atoms with Crippen LogP contribution in [0.4, 0.5) is 10.5 Å². The second-order valence-electron chi connectivity index (χ2n) is 5.58. The Labute approximate surface area is 136 Å². The monoisotopic (exact) mass is 326 g/mol. The minimum atomic E-state index is -0.161. The smallest absolute Gasteiger partial charge is 0.322 e. The zero-order valence-corrected chi connectivity index (χ0v) is 14.0. The molecular formula is C16H23ClN2O3. The Kier molecular flexibility index (Phi) is 5.91. The summed E-state index contributed by atoms with van der Waals surface area (Å²) in [6.07, 6.45) is 0.962. The van der Waals surface area contributed by atoms with Gasteiger partial charge in [-0.05, 0) is 38.5 Å². The molecule has 0 bridgehead atoms. The van der Waals surface area contributed by atoms with Gasteiger partial charge in [-0.15, -0.1) is 0 Å². The average molecular weight is 327 g/mol. The molecule has 2 atom stereocenters. The Hall–Kier alpha value is -1.46. The molecule has 0 aliphatic carbocycles. The maximum Gasteiger partial charge on any atom is 0.322 e. The van der Waals surface area contributed by atoms with Gasteiger partial charge in [0.2, 0.25) is 0 Å². The minimum absolute atomic E-state index is 0.0321. The molecule has 0 saturated carbocycles. The first kappa shape index (κ1) is 16.9. The molecule has 2 rings (SSSR count). The zero-order chi connectivity index (χ0) is 16.1. The van der Waals surface area contributed by atoms with Gasteiger partial charge in [-0.2, -0.15) is 0 Å². The second kappa shape index (κ2) is 7.70. The number of halogens is 1. The number of nitrogens with zero attached hydrogens (tertiary/aromatic N) is 1. The van der Waals surface area contributed by atoms with Crippen LogP contribution < -0.4 is 10.1 Å². The molecule has 2 amide bonds. The molecule has 122 valence electrons. The molecule has 1 aromatic rings. The highest BCUT2D eigenvalue weighted by Crippen LogP contribution is 2.28. The van der Waals surface area contributed by atoms with Crippen molar-refractivity contribution in [2.45, 2.75) is 39.4 Å². The van der Waals surface area contributed by atoms with Crippen LogP contribution in [0.25, 0.3) is 0 Å². The Balaban J connectivity index is 2.08. The van der Waals surface area contributed by atoms with Gasteiger partial charge in [-0.3, -0.25) is 0 Å². The van der Waals surface area contributed by atoms with E-state index in [4.69, 9.17) is 21.1 Å². The largest absolute Gasteiger partial charge is 0.491 e. The summed E-state index contributed by atoms with van der Waals surface area (Å²) in [5.41, 5.74) is 0.595. The van der Waals surface area contributed by atoms with Crippen molar-refractivity contribution in [3.8, 4) is 5.75 Å². The summed E-state index contributed by atoms with van der Waals surface area (Å²) in [7, 11) is 0. The quantitative estimate of drug-likeness (QED) is 0.916. The third kappa shape index (κ3) is 4.52. The van der Waals surface area contributed by atoms with E-state index in [1.54, 1.807) is 23.1 Å². The Morgan fingerprint density at radius 3 is 2.73 bits per heavy atom. The number of amides is 2. The number of anilines is 1. The summed E-state index contributed by atoms with van der Waals surface area (Å²) in [4.78, 5) is 14.2. The standard InChI is InChI=1S/C16H23ClN2O3/c1-4-7-21-15-6-5-13(17)8-14(15)18-16(20)19-9-11(2)22-12(3)10-19/h5-6,8,11-12H,4,7,9-10H2,1-3H3,(H,18,20). The Bertz CT molecular complexity index is 514. The normalized spacial score (nSPS) is 21.5. The topological polar surface area (TPSA) is 50.8 Å². The third-order valence-corrected chi connectivity index (χ3v) is 3.59. The number of nitrogens with one attached hydrogen (secondary N) is 1. The Morgan fingerprint density at radius 2 is 2.09 bits per heavy atom. The summed E-state index contributed by atoms with van der Waals surface area (Å²) in [5.74, 6) is 0.633. The molecule has 1 N–H and O–H groups in total.